The van der Waals surface area contributed by atoms with E-state index in [2.05, 4.69) is 26.0 Å². The van der Waals surface area contributed by atoms with Gasteiger partial charge in [0, 0.05) is 16.5 Å². The third-order valence-corrected chi connectivity index (χ3v) is 4.74. The number of nitrogens with zero attached hydrogens (tertiary/aromatic N) is 3. The summed E-state index contributed by atoms with van der Waals surface area (Å²) in [5, 5.41) is 4.84. The number of hydrogen-bond donors (Lipinski definition) is 1. The molecule has 2 aromatic carbocycles. The standard InChI is InChI=1S/C21H21BrN4O4/c1-3-5-19-25-16-9-8-14(22)10-15(16)21(28)26(19)24-11-13-6-4-7-17(29-2)20(13)30-12-18(23)27/h4,6-11H,3,5,12H2,1-2H3,(H2,23,27). The predicted octanol–water partition coefficient (Wildman–Crippen LogP) is 2.87. The van der Waals surface area contributed by atoms with Gasteiger partial charge in [0.1, 0.15) is 5.82 Å². The van der Waals surface area contributed by atoms with Gasteiger partial charge in [-0.2, -0.15) is 9.78 Å². The molecule has 0 bridgehead atoms. The molecule has 3 aromatic rings. The summed E-state index contributed by atoms with van der Waals surface area (Å²) < 4.78 is 12.9. The largest absolute Gasteiger partial charge is 0.493 e. The van der Waals surface area contributed by atoms with Crippen molar-refractivity contribution in [3.63, 3.8) is 0 Å². The minimum absolute atomic E-state index is 0.275. The van der Waals surface area contributed by atoms with E-state index < -0.39 is 5.91 Å². The first-order valence-corrected chi connectivity index (χ1v) is 10.1. The van der Waals surface area contributed by atoms with Gasteiger partial charge in [-0.25, -0.2) is 4.98 Å². The quantitative estimate of drug-likeness (QED) is 0.506. The Morgan fingerprint density at radius 3 is 2.83 bits per heavy atom. The Labute approximate surface area is 181 Å². The molecule has 9 heteroatoms. The second kappa shape index (κ2) is 9.53. The first-order valence-electron chi connectivity index (χ1n) is 9.28. The summed E-state index contributed by atoms with van der Waals surface area (Å²) in [4.78, 5) is 28.8. The molecule has 0 fully saturated rings. The van der Waals surface area contributed by atoms with Gasteiger partial charge in [-0.1, -0.05) is 28.9 Å². The summed E-state index contributed by atoms with van der Waals surface area (Å²) >= 11 is 3.39. The maximum Gasteiger partial charge on any atom is 0.282 e. The van der Waals surface area contributed by atoms with Crippen LogP contribution in [0.4, 0.5) is 0 Å². The van der Waals surface area contributed by atoms with Crippen LogP contribution in [0.5, 0.6) is 11.5 Å². The van der Waals surface area contributed by atoms with Crippen molar-refractivity contribution in [1.82, 2.24) is 9.66 Å². The number of benzene rings is 2. The van der Waals surface area contributed by atoms with Crippen LogP contribution in [0.25, 0.3) is 10.9 Å². The summed E-state index contributed by atoms with van der Waals surface area (Å²) in [5.74, 6) is 0.664. The van der Waals surface area contributed by atoms with Crippen LogP contribution in [0.1, 0.15) is 24.7 Å². The number of rotatable bonds is 8. The van der Waals surface area contributed by atoms with Crippen molar-refractivity contribution in [3.05, 3.63) is 62.6 Å². The molecule has 1 amide bonds. The van der Waals surface area contributed by atoms with Gasteiger partial charge in [-0.15, -0.1) is 0 Å². The highest BCUT2D eigenvalue weighted by Gasteiger charge is 2.13. The molecule has 30 heavy (non-hydrogen) atoms. The second-order valence-electron chi connectivity index (χ2n) is 6.43. The number of halogens is 1. The first-order chi connectivity index (χ1) is 14.4. The Hall–Kier alpha value is -3.20. The lowest BCUT2D eigenvalue weighted by Crippen LogP contribution is -2.22. The molecule has 2 N–H and O–H groups in total. The zero-order valence-corrected chi connectivity index (χ0v) is 18.2. The molecular formula is C21H21BrN4O4. The maximum absolute atomic E-state index is 13.1. The Morgan fingerprint density at radius 1 is 1.33 bits per heavy atom. The molecule has 0 saturated carbocycles. The van der Waals surface area contributed by atoms with Crippen LogP contribution < -0.4 is 20.8 Å². The highest BCUT2D eigenvalue weighted by molar-refractivity contribution is 9.10. The summed E-state index contributed by atoms with van der Waals surface area (Å²) in [6.45, 7) is 1.69. The average Bonchev–Trinajstić information content (AvgIpc) is 2.72. The van der Waals surface area contributed by atoms with E-state index >= 15 is 0 Å². The van der Waals surface area contributed by atoms with Gasteiger partial charge in [0.25, 0.3) is 11.5 Å². The molecule has 0 aliphatic carbocycles. The zero-order valence-electron chi connectivity index (χ0n) is 16.6. The van der Waals surface area contributed by atoms with E-state index in [9.17, 15) is 9.59 Å². The van der Waals surface area contributed by atoms with Crippen molar-refractivity contribution in [2.45, 2.75) is 19.8 Å². The van der Waals surface area contributed by atoms with E-state index in [1.165, 1.54) is 18.0 Å². The van der Waals surface area contributed by atoms with E-state index in [1.54, 1.807) is 30.3 Å². The number of para-hydroxylation sites is 1. The number of aromatic nitrogens is 2. The molecule has 156 valence electrons. The molecule has 1 heterocycles. The van der Waals surface area contributed by atoms with E-state index in [1.807, 2.05) is 13.0 Å². The lowest BCUT2D eigenvalue weighted by molar-refractivity contribution is -0.119. The molecule has 8 nitrogen and oxygen atoms in total. The van der Waals surface area contributed by atoms with Gasteiger partial charge in [-0.05, 0) is 36.8 Å². The molecule has 0 aliphatic rings. The number of ether oxygens (including phenoxy) is 2. The van der Waals surface area contributed by atoms with Crippen LogP contribution in [-0.2, 0) is 11.2 Å². The topological polar surface area (TPSA) is 109 Å². The van der Waals surface area contributed by atoms with Crippen molar-refractivity contribution in [2.75, 3.05) is 13.7 Å². The normalized spacial score (nSPS) is 11.2. The monoisotopic (exact) mass is 472 g/mol. The van der Waals surface area contributed by atoms with Gasteiger partial charge in [-0.3, -0.25) is 9.59 Å². The van der Waals surface area contributed by atoms with Crippen molar-refractivity contribution in [1.29, 1.82) is 0 Å². The number of amides is 1. The van der Waals surface area contributed by atoms with E-state index in [0.717, 1.165) is 10.9 Å². The molecule has 0 atom stereocenters. The first kappa shape index (κ1) is 21.5. The van der Waals surface area contributed by atoms with Crippen molar-refractivity contribution in [3.8, 4) is 11.5 Å². The zero-order chi connectivity index (χ0) is 21.7. The van der Waals surface area contributed by atoms with Crippen LogP contribution in [0.3, 0.4) is 0 Å². The highest BCUT2D eigenvalue weighted by Crippen LogP contribution is 2.30. The summed E-state index contributed by atoms with van der Waals surface area (Å²) in [5.41, 5.74) is 6.06. The third kappa shape index (κ3) is 4.68. The Bertz CT molecular complexity index is 1170. The number of carbonyl (C=O) groups is 1. The third-order valence-electron chi connectivity index (χ3n) is 4.25. The van der Waals surface area contributed by atoms with Crippen molar-refractivity contribution >= 4 is 39.0 Å². The molecule has 0 spiro atoms. The Balaban J connectivity index is 2.11. The highest BCUT2D eigenvalue weighted by atomic mass is 79.9. The molecule has 1 aromatic heterocycles. The SMILES string of the molecule is CCCc1nc2ccc(Br)cc2c(=O)n1N=Cc1cccc(OC)c1OCC(N)=O. The van der Waals surface area contributed by atoms with E-state index in [0.29, 0.717) is 40.2 Å². The van der Waals surface area contributed by atoms with Gasteiger partial charge in [0.05, 0.1) is 24.2 Å². The van der Waals surface area contributed by atoms with Gasteiger partial charge < -0.3 is 15.2 Å². The molecule has 3 rings (SSSR count). The number of fused-ring (bicyclic) bond motifs is 1. The second-order valence-corrected chi connectivity index (χ2v) is 7.35. The van der Waals surface area contributed by atoms with E-state index in [4.69, 9.17) is 15.2 Å². The van der Waals surface area contributed by atoms with Crippen molar-refractivity contribution in [2.24, 2.45) is 10.8 Å². The van der Waals surface area contributed by atoms with Gasteiger partial charge in [0.2, 0.25) is 0 Å². The smallest absolute Gasteiger partial charge is 0.282 e. The minimum atomic E-state index is -0.616. The number of primary amides is 1. The summed E-state index contributed by atoms with van der Waals surface area (Å²) in [6, 6.07) is 10.5. The van der Waals surface area contributed by atoms with Crippen LogP contribution in [-0.4, -0.2) is 35.5 Å². The lowest BCUT2D eigenvalue weighted by Gasteiger charge is -2.12. The summed E-state index contributed by atoms with van der Waals surface area (Å²) in [6.07, 6.45) is 2.86. The average molecular weight is 473 g/mol. The van der Waals surface area contributed by atoms with Crippen LogP contribution in [0.15, 0.2) is 50.8 Å². The number of carbonyl (C=O) groups excluding carboxylic acids is 1. The lowest BCUT2D eigenvalue weighted by atomic mass is 10.2. The maximum atomic E-state index is 13.1. The molecule has 0 unspecified atom stereocenters. The van der Waals surface area contributed by atoms with Gasteiger partial charge in [0.15, 0.2) is 18.1 Å². The molecule has 0 saturated heterocycles. The van der Waals surface area contributed by atoms with Crippen LogP contribution in [0.2, 0.25) is 0 Å². The number of methoxy groups -OCH3 is 1. The van der Waals surface area contributed by atoms with E-state index in [-0.39, 0.29) is 12.2 Å². The van der Waals surface area contributed by atoms with Crippen molar-refractivity contribution < 1.29 is 14.3 Å². The number of hydrogen-bond acceptors (Lipinski definition) is 6. The van der Waals surface area contributed by atoms with Crippen LogP contribution in [0, 0.1) is 0 Å². The Kier molecular flexibility index (Phi) is 6.83. The van der Waals surface area contributed by atoms with Crippen LogP contribution >= 0.6 is 15.9 Å². The predicted molar refractivity (Wildman–Crippen MR) is 118 cm³/mol. The number of nitrogens with two attached hydrogens (primary N) is 1. The molecule has 0 aliphatic heterocycles. The number of aryl methyl sites for hydroxylation is 1. The fourth-order valence-corrected chi connectivity index (χ4v) is 3.27. The van der Waals surface area contributed by atoms with Gasteiger partial charge >= 0.3 is 0 Å². The minimum Gasteiger partial charge on any atom is -0.493 e. The molecular weight excluding hydrogens is 452 g/mol. The molecule has 0 radical (unpaired) electrons. The Morgan fingerprint density at radius 2 is 2.13 bits per heavy atom. The summed E-state index contributed by atoms with van der Waals surface area (Å²) in [7, 11) is 1.49. The fraction of sp³-hybridized carbons (Fsp3) is 0.238. The fourth-order valence-electron chi connectivity index (χ4n) is 2.91.